The first-order valence-corrected chi connectivity index (χ1v) is 13.8. The number of benzene rings is 2. The van der Waals surface area contributed by atoms with Gasteiger partial charge in [0.05, 0.1) is 5.69 Å². The summed E-state index contributed by atoms with van der Waals surface area (Å²) in [6, 6.07) is 17.8. The molecule has 0 unspecified atom stereocenters. The van der Waals surface area contributed by atoms with Crippen LogP contribution >= 0.6 is 11.8 Å². The van der Waals surface area contributed by atoms with E-state index in [2.05, 4.69) is 27.8 Å². The molecule has 12 heteroatoms. The number of halogens is 3. The largest absolute Gasteiger partial charge is 0.446 e. The van der Waals surface area contributed by atoms with Crippen molar-refractivity contribution in [1.29, 1.82) is 0 Å². The lowest BCUT2D eigenvalue weighted by molar-refractivity contribution is -0.123. The third-order valence-corrected chi connectivity index (χ3v) is 7.29. The molecule has 216 valence electrons. The number of aromatic nitrogens is 1. The quantitative estimate of drug-likeness (QED) is 0.173. The summed E-state index contributed by atoms with van der Waals surface area (Å²) in [4.78, 5) is 45.4. The molecular weight excluding hydrogens is 555 g/mol. The van der Waals surface area contributed by atoms with Crippen LogP contribution in [0, 0.1) is 0 Å². The van der Waals surface area contributed by atoms with Crippen molar-refractivity contribution < 1.29 is 27.6 Å². The number of urea groups is 1. The van der Waals surface area contributed by atoms with Gasteiger partial charge >= 0.3 is 11.5 Å². The Labute approximate surface area is 240 Å². The minimum atomic E-state index is -4.44. The van der Waals surface area contributed by atoms with Gasteiger partial charge in [0.2, 0.25) is 5.91 Å². The predicted molar refractivity (Wildman–Crippen MR) is 151 cm³/mol. The summed E-state index contributed by atoms with van der Waals surface area (Å²) in [6.45, 7) is 4.52. The van der Waals surface area contributed by atoms with E-state index in [9.17, 15) is 27.6 Å². The molecule has 0 bridgehead atoms. The molecule has 0 radical (unpaired) electrons. The number of alkyl halides is 3. The first-order valence-electron chi connectivity index (χ1n) is 13.0. The Morgan fingerprint density at radius 1 is 0.976 bits per heavy atom. The second-order valence-corrected chi connectivity index (χ2v) is 11.1. The van der Waals surface area contributed by atoms with Gasteiger partial charge in [0.1, 0.15) is 11.4 Å². The van der Waals surface area contributed by atoms with Gasteiger partial charge in [-0.15, -0.1) is 0 Å². The number of hydrogen-bond donors (Lipinski definition) is 2. The first-order chi connectivity index (χ1) is 19.4. The molecule has 1 fully saturated rings. The van der Waals surface area contributed by atoms with Crippen LogP contribution in [0.4, 0.5) is 29.5 Å². The van der Waals surface area contributed by atoms with Crippen LogP contribution in [0.2, 0.25) is 0 Å². The normalized spacial score (nSPS) is 15.0. The van der Waals surface area contributed by atoms with E-state index in [0.29, 0.717) is 17.9 Å². The number of rotatable bonds is 11. The fraction of sp³-hybridized carbons (Fsp3) is 0.310. The molecule has 4 amide bonds. The van der Waals surface area contributed by atoms with Crippen LogP contribution in [0.25, 0.3) is 0 Å². The topological polar surface area (TPSA) is 94.6 Å². The van der Waals surface area contributed by atoms with E-state index in [1.165, 1.54) is 40.9 Å². The van der Waals surface area contributed by atoms with E-state index in [-0.39, 0.29) is 41.2 Å². The summed E-state index contributed by atoms with van der Waals surface area (Å²) in [6.07, 6.45) is 2.62. The van der Waals surface area contributed by atoms with Crippen LogP contribution in [-0.4, -0.2) is 51.9 Å². The number of hydrogen-bond acceptors (Lipinski definition) is 6. The van der Waals surface area contributed by atoms with E-state index in [1.54, 1.807) is 26.0 Å². The van der Waals surface area contributed by atoms with Gasteiger partial charge in [-0.2, -0.15) is 13.2 Å². The minimum Gasteiger partial charge on any atom is -0.316 e. The molecule has 2 N–H and O–H groups in total. The maximum Gasteiger partial charge on any atom is 0.446 e. The Morgan fingerprint density at radius 2 is 1.68 bits per heavy atom. The van der Waals surface area contributed by atoms with E-state index in [0.717, 1.165) is 17.9 Å². The Hall–Kier alpha value is -3.90. The molecule has 3 aromatic rings. The summed E-state index contributed by atoms with van der Waals surface area (Å²) in [5.41, 5.74) is -3.62. The zero-order chi connectivity index (χ0) is 29.6. The average Bonchev–Trinajstić information content (AvgIpc) is 3.08. The second kappa shape index (κ2) is 12.7. The molecule has 4 rings (SSSR count). The van der Waals surface area contributed by atoms with Gasteiger partial charge in [0.25, 0.3) is 5.91 Å². The molecule has 1 saturated heterocycles. The van der Waals surface area contributed by atoms with Crippen molar-refractivity contribution in [3.63, 3.8) is 0 Å². The smallest absolute Gasteiger partial charge is 0.316 e. The summed E-state index contributed by atoms with van der Waals surface area (Å²) < 4.78 is 38.0. The molecule has 0 aliphatic carbocycles. The van der Waals surface area contributed by atoms with Crippen LogP contribution in [0.5, 0.6) is 0 Å². The SMILES string of the molecule is CC1(C)C(=O)N(c2ccc(SC(F)(F)F)cc2)C(=O)N1Cc1ccnc(NC(=O)CCNCCc2ccccc2)c1. The lowest BCUT2D eigenvalue weighted by Gasteiger charge is -2.27. The Bertz CT molecular complexity index is 1380. The number of thioether (sulfide) groups is 1. The van der Waals surface area contributed by atoms with Gasteiger partial charge in [-0.25, -0.2) is 14.7 Å². The molecule has 2 heterocycles. The standard InChI is InChI=1S/C29H30F3N5O3S/c1-28(2)26(39)37(22-8-10-23(11-9-22)41-29(30,31)32)27(40)36(28)19-21-13-17-34-24(18-21)35-25(38)14-16-33-15-12-20-6-4-3-5-7-20/h3-11,13,17-18,33H,12,14-16,19H2,1-2H3,(H,34,35,38). The van der Waals surface area contributed by atoms with Gasteiger partial charge in [-0.05, 0) is 86.1 Å². The van der Waals surface area contributed by atoms with Gasteiger partial charge in [-0.1, -0.05) is 30.3 Å². The van der Waals surface area contributed by atoms with Gasteiger partial charge < -0.3 is 15.5 Å². The van der Waals surface area contributed by atoms with Crippen LogP contribution in [0.1, 0.15) is 31.4 Å². The molecule has 2 aromatic carbocycles. The number of nitrogens with zero attached hydrogens (tertiary/aromatic N) is 3. The summed E-state index contributed by atoms with van der Waals surface area (Å²) >= 11 is -0.272. The van der Waals surface area contributed by atoms with Gasteiger partial charge in [0, 0.05) is 30.6 Å². The fourth-order valence-corrected chi connectivity index (χ4v) is 4.90. The predicted octanol–water partition coefficient (Wildman–Crippen LogP) is 5.60. The van der Waals surface area contributed by atoms with Crippen LogP contribution < -0.4 is 15.5 Å². The number of carbonyl (C=O) groups is 3. The van der Waals surface area contributed by atoms with Crippen molar-refractivity contribution in [2.75, 3.05) is 23.3 Å². The highest BCUT2D eigenvalue weighted by Crippen LogP contribution is 2.39. The molecule has 41 heavy (non-hydrogen) atoms. The van der Waals surface area contributed by atoms with E-state index in [1.807, 2.05) is 18.2 Å². The highest BCUT2D eigenvalue weighted by Gasteiger charge is 2.51. The lowest BCUT2D eigenvalue weighted by atomic mass is 10.0. The van der Waals surface area contributed by atoms with Gasteiger partial charge in [0.15, 0.2) is 0 Å². The summed E-state index contributed by atoms with van der Waals surface area (Å²) in [5, 5.41) is 6.01. The minimum absolute atomic E-state index is 0.0502. The maximum atomic E-state index is 13.3. The zero-order valence-corrected chi connectivity index (χ0v) is 23.4. The first kappa shape index (κ1) is 30.1. The molecule has 0 atom stereocenters. The summed E-state index contributed by atoms with van der Waals surface area (Å²) in [5.74, 6) is -0.392. The number of carbonyl (C=O) groups excluding carboxylic acids is 3. The highest BCUT2D eigenvalue weighted by atomic mass is 32.2. The van der Waals surface area contributed by atoms with Crippen molar-refractivity contribution in [1.82, 2.24) is 15.2 Å². The number of amides is 4. The van der Waals surface area contributed by atoms with E-state index < -0.39 is 23.0 Å². The molecular formula is C29H30F3N5O3S. The van der Waals surface area contributed by atoms with Crippen molar-refractivity contribution >= 4 is 41.1 Å². The van der Waals surface area contributed by atoms with E-state index >= 15 is 0 Å². The molecule has 1 aromatic heterocycles. The molecule has 1 aliphatic rings. The highest BCUT2D eigenvalue weighted by molar-refractivity contribution is 8.00. The Kier molecular flexibility index (Phi) is 9.34. The van der Waals surface area contributed by atoms with Crippen molar-refractivity contribution in [3.05, 3.63) is 84.1 Å². The number of nitrogens with one attached hydrogen (secondary N) is 2. The summed E-state index contributed by atoms with van der Waals surface area (Å²) in [7, 11) is 0. The average molecular weight is 586 g/mol. The van der Waals surface area contributed by atoms with Gasteiger partial charge in [-0.3, -0.25) is 9.59 Å². The number of imide groups is 1. The Morgan fingerprint density at radius 3 is 2.37 bits per heavy atom. The number of pyridine rings is 1. The van der Waals surface area contributed by atoms with Crippen molar-refractivity contribution in [3.8, 4) is 0 Å². The monoisotopic (exact) mass is 585 g/mol. The third kappa shape index (κ3) is 7.86. The Balaban J connectivity index is 1.34. The van der Waals surface area contributed by atoms with E-state index in [4.69, 9.17) is 0 Å². The lowest BCUT2D eigenvalue weighted by Crippen LogP contribution is -2.43. The molecule has 8 nitrogen and oxygen atoms in total. The molecule has 1 aliphatic heterocycles. The fourth-order valence-electron chi connectivity index (χ4n) is 4.36. The molecule has 0 saturated carbocycles. The van der Waals surface area contributed by atoms with Crippen LogP contribution in [-0.2, 0) is 22.6 Å². The van der Waals surface area contributed by atoms with Crippen molar-refractivity contribution in [2.24, 2.45) is 0 Å². The second-order valence-electron chi connectivity index (χ2n) is 9.94. The zero-order valence-electron chi connectivity index (χ0n) is 22.6. The van der Waals surface area contributed by atoms with Crippen LogP contribution in [0.15, 0.2) is 77.8 Å². The molecule has 0 spiro atoms. The van der Waals surface area contributed by atoms with Crippen molar-refractivity contribution in [2.45, 2.75) is 49.2 Å². The van der Waals surface area contributed by atoms with Crippen LogP contribution in [0.3, 0.4) is 0 Å². The number of anilines is 2. The third-order valence-electron chi connectivity index (χ3n) is 6.55. The maximum absolute atomic E-state index is 13.3.